The molecule has 4 aromatic rings. The number of fused-ring (bicyclic) bond motifs is 1. The molecule has 1 N–H and O–H groups in total. The molecule has 0 radical (unpaired) electrons. The van der Waals surface area contributed by atoms with E-state index in [4.69, 9.17) is 4.74 Å². The van der Waals surface area contributed by atoms with Crippen LogP contribution in [0.3, 0.4) is 0 Å². The first-order chi connectivity index (χ1) is 15.0. The van der Waals surface area contributed by atoms with Gasteiger partial charge in [0.2, 0.25) is 0 Å². The number of thiophene rings is 1. The van der Waals surface area contributed by atoms with Crippen molar-refractivity contribution >= 4 is 50.6 Å². The molecule has 0 aliphatic heterocycles. The van der Waals surface area contributed by atoms with E-state index in [0.29, 0.717) is 16.1 Å². The molecule has 0 aliphatic carbocycles. The minimum absolute atomic E-state index is 0.293. The van der Waals surface area contributed by atoms with Crippen LogP contribution in [0.4, 0.5) is 17.2 Å². The number of methoxy groups -OCH3 is 1. The third-order valence-electron chi connectivity index (χ3n) is 4.95. The average molecular weight is 433 g/mol. The smallest absolute Gasteiger partial charge is 0.339 e. The molecule has 31 heavy (non-hydrogen) atoms. The summed E-state index contributed by atoms with van der Waals surface area (Å²) in [6, 6.07) is 16.6. The molecular weight excluding hydrogens is 412 g/mol. The molecule has 7 nitrogen and oxygen atoms in total. The Bertz CT molecular complexity index is 1270. The van der Waals surface area contributed by atoms with Crippen molar-refractivity contribution in [2.45, 2.75) is 6.92 Å². The van der Waals surface area contributed by atoms with Gasteiger partial charge in [-0.3, -0.25) is 4.79 Å². The molecule has 0 unspecified atom stereocenters. The van der Waals surface area contributed by atoms with Gasteiger partial charge in [0.25, 0.3) is 5.91 Å². The fraction of sp³-hybridized carbons (Fsp3) is 0.130. The summed E-state index contributed by atoms with van der Waals surface area (Å²) in [4.78, 5) is 37.2. The van der Waals surface area contributed by atoms with E-state index in [-0.39, 0.29) is 5.91 Å². The number of hydrogen-bond donors (Lipinski definition) is 1. The summed E-state index contributed by atoms with van der Waals surface area (Å²) in [6.45, 7) is 1.88. The molecule has 2 aromatic carbocycles. The third-order valence-corrected chi connectivity index (χ3v) is 6.15. The fourth-order valence-corrected chi connectivity index (χ4v) is 4.40. The zero-order valence-corrected chi connectivity index (χ0v) is 18.1. The molecule has 0 saturated heterocycles. The highest BCUT2D eigenvalue weighted by molar-refractivity contribution is 7.20. The van der Waals surface area contributed by atoms with Crippen LogP contribution in [0.15, 0.2) is 60.9 Å². The number of carbonyl (C=O) groups is 2. The van der Waals surface area contributed by atoms with Crippen LogP contribution in [0, 0.1) is 6.92 Å². The van der Waals surface area contributed by atoms with E-state index in [1.807, 2.05) is 49.2 Å². The first kappa shape index (κ1) is 20.5. The zero-order valence-electron chi connectivity index (χ0n) is 17.2. The second-order valence-corrected chi connectivity index (χ2v) is 7.82. The lowest BCUT2D eigenvalue weighted by molar-refractivity contribution is 0.0602. The Labute approximate surface area is 183 Å². The summed E-state index contributed by atoms with van der Waals surface area (Å²) in [5.41, 5.74) is 2.45. The maximum absolute atomic E-state index is 13.1. The van der Waals surface area contributed by atoms with Crippen LogP contribution in [-0.2, 0) is 4.74 Å². The summed E-state index contributed by atoms with van der Waals surface area (Å²) in [5.74, 6) is -0.106. The lowest BCUT2D eigenvalue weighted by Crippen LogP contribution is -2.15. The molecular formula is C23H20N4O3S. The molecule has 2 heterocycles. The van der Waals surface area contributed by atoms with Crippen molar-refractivity contribution in [1.29, 1.82) is 0 Å². The minimum atomic E-state index is -0.512. The summed E-state index contributed by atoms with van der Waals surface area (Å²) in [6.07, 6.45) is 1.50. The molecule has 8 heteroatoms. The van der Waals surface area contributed by atoms with E-state index < -0.39 is 5.97 Å². The van der Waals surface area contributed by atoms with E-state index >= 15 is 0 Å². The molecule has 0 saturated carbocycles. The number of benzene rings is 2. The molecule has 0 fully saturated rings. The van der Waals surface area contributed by atoms with Crippen LogP contribution in [0.1, 0.15) is 25.6 Å². The fourth-order valence-electron chi connectivity index (χ4n) is 3.36. The number of anilines is 3. The lowest BCUT2D eigenvalue weighted by atomic mass is 10.1. The Balaban J connectivity index is 1.73. The van der Waals surface area contributed by atoms with Crippen LogP contribution in [-0.4, -0.2) is 36.0 Å². The molecule has 156 valence electrons. The van der Waals surface area contributed by atoms with Gasteiger partial charge in [0.05, 0.1) is 28.6 Å². The number of aryl methyl sites for hydroxylation is 1. The first-order valence-corrected chi connectivity index (χ1v) is 10.3. The Hall–Kier alpha value is -3.78. The number of hydrogen-bond acceptors (Lipinski definition) is 7. The molecule has 0 bridgehead atoms. The largest absolute Gasteiger partial charge is 0.465 e. The number of rotatable bonds is 5. The highest BCUT2D eigenvalue weighted by Crippen LogP contribution is 2.37. The minimum Gasteiger partial charge on any atom is -0.465 e. The van der Waals surface area contributed by atoms with Gasteiger partial charge < -0.3 is 15.0 Å². The highest BCUT2D eigenvalue weighted by Gasteiger charge is 2.22. The van der Waals surface area contributed by atoms with Crippen LogP contribution in [0.2, 0.25) is 0 Å². The van der Waals surface area contributed by atoms with Gasteiger partial charge in [0.15, 0.2) is 0 Å². The molecule has 0 spiro atoms. The summed E-state index contributed by atoms with van der Waals surface area (Å²) in [5, 5.41) is 3.66. The van der Waals surface area contributed by atoms with Crippen molar-refractivity contribution in [2.75, 3.05) is 24.4 Å². The van der Waals surface area contributed by atoms with Crippen LogP contribution >= 0.6 is 11.3 Å². The van der Waals surface area contributed by atoms with Gasteiger partial charge in [-0.05, 0) is 36.8 Å². The van der Waals surface area contributed by atoms with Crippen LogP contribution in [0.5, 0.6) is 0 Å². The van der Waals surface area contributed by atoms with Gasteiger partial charge in [0, 0.05) is 12.7 Å². The molecule has 1 amide bonds. The second kappa shape index (κ2) is 8.53. The van der Waals surface area contributed by atoms with Crippen molar-refractivity contribution in [3.8, 4) is 0 Å². The monoisotopic (exact) mass is 432 g/mol. The van der Waals surface area contributed by atoms with Gasteiger partial charge in [0.1, 0.15) is 17.0 Å². The van der Waals surface area contributed by atoms with Crippen molar-refractivity contribution in [3.63, 3.8) is 0 Å². The number of esters is 1. The van der Waals surface area contributed by atoms with E-state index in [9.17, 15) is 9.59 Å². The maximum Gasteiger partial charge on any atom is 0.339 e. The highest BCUT2D eigenvalue weighted by atomic mass is 32.1. The van der Waals surface area contributed by atoms with Crippen molar-refractivity contribution in [1.82, 2.24) is 9.97 Å². The topological polar surface area (TPSA) is 84.4 Å². The lowest BCUT2D eigenvalue weighted by Gasteiger charge is -2.19. The van der Waals surface area contributed by atoms with Gasteiger partial charge in [-0.2, -0.15) is 0 Å². The van der Waals surface area contributed by atoms with Crippen molar-refractivity contribution in [2.24, 2.45) is 0 Å². The second-order valence-electron chi connectivity index (χ2n) is 6.82. The molecule has 4 rings (SSSR count). The van der Waals surface area contributed by atoms with Crippen LogP contribution < -0.4 is 10.2 Å². The Kier molecular flexibility index (Phi) is 5.64. The van der Waals surface area contributed by atoms with E-state index in [1.165, 1.54) is 24.8 Å². The number of nitrogens with zero attached hydrogens (tertiary/aromatic N) is 3. The number of nitrogens with one attached hydrogen (secondary N) is 1. The number of carbonyl (C=O) groups excluding carboxylic acids is 2. The van der Waals surface area contributed by atoms with Gasteiger partial charge in [-0.1, -0.05) is 30.3 Å². The Morgan fingerprint density at radius 2 is 1.74 bits per heavy atom. The normalized spacial score (nSPS) is 10.7. The van der Waals surface area contributed by atoms with E-state index in [0.717, 1.165) is 27.3 Å². The van der Waals surface area contributed by atoms with Crippen LogP contribution in [0.25, 0.3) is 10.2 Å². The quantitative estimate of drug-likeness (QED) is 0.456. The third kappa shape index (κ3) is 3.85. The van der Waals surface area contributed by atoms with Crippen molar-refractivity contribution in [3.05, 3.63) is 76.9 Å². The standard InChI is InChI=1S/C23H20N4O3S/c1-14-18-20(27(2)15-9-5-4-6-10-15)24-13-25-22(18)31-19(14)21(28)26-17-12-8-7-11-16(17)23(29)30-3/h4-13H,1-3H3,(H,26,28). The summed E-state index contributed by atoms with van der Waals surface area (Å²) >= 11 is 1.29. The number of para-hydroxylation sites is 2. The number of ether oxygens (including phenoxy) is 1. The first-order valence-electron chi connectivity index (χ1n) is 9.52. The average Bonchev–Trinajstić information content (AvgIpc) is 3.16. The molecule has 2 aromatic heterocycles. The van der Waals surface area contributed by atoms with E-state index in [2.05, 4.69) is 15.3 Å². The summed E-state index contributed by atoms with van der Waals surface area (Å²) in [7, 11) is 3.24. The molecule has 0 aliphatic rings. The predicted molar refractivity (Wildman–Crippen MR) is 122 cm³/mol. The van der Waals surface area contributed by atoms with E-state index in [1.54, 1.807) is 24.3 Å². The Morgan fingerprint density at radius 1 is 1.03 bits per heavy atom. The van der Waals surface area contributed by atoms with Gasteiger partial charge >= 0.3 is 5.97 Å². The molecule has 0 atom stereocenters. The maximum atomic E-state index is 13.1. The van der Waals surface area contributed by atoms with Gasteiger partial charge in [-0.25, -0.2) is 14.8 Å². The SMILES string of the molecule is COC(=O)c1ccccc1NC(=O)c1sc2ncnc(N(C)c3ccccc3)c2c1C. The number of amides is 1. The predicted octanol–water partition coefficient (Wildman–Crippen LogP) is 4.81. The zero-order chi connectivity index (χ0) is 22.0. The number of aromatic nitrogens is 2. The summed E-state index contributed by atoms with van der Waals surface area (Å²) < 4.78 is 4.81. The Morgan fingerprint density at radius 3 is 2.48 bits per heavy atom. The van der Waals surface area contributed by atoms with Crippen molar-refractivity contribution < 1.29 is 14.3 Å². The van der Waals surface area contributed by atoms with Gasteiger partial charge in [-0.15, -0.1) is 11.3 Å².